The molecule has 0 aliphatic heterocycles. The fourth-order valence-corrected chi connectivity index (χ4v) is 1.52. The third-order valence-electron chi connectivity index (χ3n) is 2.21. The Labute approximate surface area is 114 Å². The topological polar surface area (TPSA) is 66.8 Å². The van der Waals surface area contributed by atoms with E-state index in [2.05, 4.69) is 20.7 Å². The number of carbonyl (C=O) groups is 1. The van der Waals surface area contributed by atoms with Crippen molar-refractivity contribution in [3.05, 3.63) is 40.4 Å². The maximum absolute atomic E-state index is 11.2. The molecule has 4 nitrogen and oxygen atoms in total. The Morgan fingerprint density at radius 1 is 1.39 bits per heavy atom. The van der Waals surface area contributed by atoms with E-state index < -0.39 is 18.2 Å². The quantitative estimate of drug-likeness (QED) is 0.813. The molecule has 0 aromatic heterocycles. The summed E-state index contributed by atoms with van der Waals surface area (Å²) in [7, 11) is 0. The van der Waals surface area contributed by atoms with Crippen LogP contribution in [0.4, 0.5) is 0 Å². The summed E-state index contributed by atoms with van der Waals surface area (Å²) >= 11 is 3.31. The smallest absolute Gasteiger partial charge is 0.338 e. The van der Waals surface area contributed by atoms with Crippen molar-refractivity contribution in [2.75, 3.05) is 6.61 Å². The molecular formula is C13H15BrO4. The molecule has 2 N–H and O–H groups in total. The minimum atomic E-state index is -1.56. The fourth-order valence-electron chi connectivity index (χ4n) is 1.26. The van der Waals surface area contributed by atoms with Crippen LogP contribution in [0.3, 0.4) is 0 Å². The minimum Gasteiger partial charge on any atom is -0.464 e. The first-order chi connectivity index (χ1) is 8.54. The number of carbonyl (C=O) groups excluding carboxylic acids is 1. The number of ether oxygens (including phenoxy) is 1. The molecule has 0 aliphatic rings. The zero-order chi connectivity index (χ0) is 13.5. The molecule has 0 amide bonds. The van der Waals surface area contributed by atoms with Crippen molar-refractivity contribution in [2.24, 2.45) is 0 Å². The van der Waals surface area contributed by atoms with Gasteiger partial charge in [-0.3, -0.25) is 0 Å². The predicted octanol–water partition coefficient (Wildman–Crippen LogP) is 1.75. The summed E-state index contributed by atoms with van der Waals surface area (Å²) in [5.41, 5.74) is 0.855. The van der Waals surface area contributed by atoms with E-state index >= 15 is 0 Å². The van der Waals surface area contributed by atoms with Gasteiger partial charge in [-0.25, -0.2) is 4.79 Å². The molecule has 1 aromatic carbocycles. The maximum Gasteiger partial charge on any atom is 0.338 e. The molecule has 1 rings (SSSR count). The number of halogens is 1. The number of esters is 1. The van der Waals surface area contributed by atoms with E-state index in [0.29, 0.717) is 0 Å². The Bertz CT molecular complexity index is 414. The van der Waals surface area contributed by atoms with Crippen LogP contribution < -0.4 is 0 Å². The molecule has 2 atom stereocenters. The highest BCUT2D eigenvalue weighted by molar-refractivity contribution is 9.10. The Kier molecular flexibility index (Phi) is 6.04. The molecule has 0 bridgehead atoms. The average molecular weight is 315 g/mol. The second kappa shape index (κ2) is 7.31. The largest absolute Gasteiger partial charge is 0.464 e. The molecule has 5 heteroatoms. The van der Waals surface area contributed by atoms with Gasteiger partial charge in [0.1, 0.15) is 6.10 Å². The third kappa shape index (κ3) is 4.60. The van der Waals surface area contributed by atoms with Gasteiger partial charge < -0.3 is 14.9 Å². The highest BCUT2D eigenvalue weighted by Gasteiger charge is 2.23. The van der Waals surface area contributed by atoms with E-state index in [-0.39, 0.29) is 6.61 Å². The van der Waals surface area contributed by atoms with E-state index in [9.17, 15) is 15.0 Å². The van der Waals surface area contributed by atoms with Crippen LogP contribution in [-0.2, 0) is 9.53 Å². The molecule has 1 unspecified atom stereocenters. The molecular weight excluding hydrogens is 300 g/mol. The zero-order valence-corrected chi connectivity index (χ0v) is 11.5. The van der Waals surface area contributed by atoms with Crippen LogP contribution in [0.5, 0.6) is 0 Å². The van der Waals surface area contributed by atoms with Crippen LogP contribution in [-0.4, -0.2) is 35.0 Å². The van der Waals surface area contributed by atoms with Gasteiger partial charge in [0.15, 0.2) is 6.10 Å². The first-order valence-electron chi connectivity index (χ1n) is 5.51. The Morgan fingerprint density at radius 2 is 2.00 bits per heavy atom. The van der Waals surface area contributed by atoms with Crippen molar-refractivity contribution in [1.29, 1.82) is 0 Å². The lowest BCUT2D eigenvalue weighted by molar-refractivity contribution is -0.157. The molecule has 0 fully saturated rings. The first-order valence-corrected chi connectivity index (χ1v) is 6.30. The van der Waals surface area contributed by atoms with Crippen LogP contribution in [0.25, 0.3) is 6.08 Å². The molecule has 0 heterocycles. The highest BCUT2D eigenvalue weighted by atomic mass is 79.9. The van der Waals surface area contributed by atoms with Gasteiger partial charge in [-0.15, -0.1) is 0 Å². The second-order valence-corrected chi connectivity index (χ2v) is 4.51. The number of aliphatic hydroxyl groups is 2. The summed E-state index contributed by atoms with van der Waals surface area (Å²) < 4.78 is 5.55. The standard InChI is InChI=1S/C13H15BrO4/c1-2-18-13(17)12(16)11(15)8-5-9-3-6-10(14)7-4-9/h3-8,11-12,15-16H,2H2,1H3/t11?,12-/m1/s1. The number of rotatable bonds is 5. The van der Waals surface area contributed by atoms with Gasteiger partial charge in [0.05, 0.1) is 6.61 Å². The van der Waals surface area contributed by atoms with Crippen LogP contribution in [0.15, 0.2) is 34.8 Å². The molecule has 0 saturated heterocycles. The molecule has 0 radical (unpaired) electrons. The summed E-state index contributed by atoms with van der Waals surface area (Å²) in [4.78, 5) is 11.2. The lowest BCUT2D eigenvalue weighted by Gasteiger charge is -2.12. The lowest BCUT2D eigenvalue weighted by Crippen LogP contribution is -2.34. The fraction of sp³-hybridized carbons (Fsp3) is 0.308. The minimum absolute atomic E-state index is 0.166. The normalized spacial score (nSPS) is 14.4. The summed E-state index contributed by atoms with van der Waals surface area (Å²) in [6.45, 7) is 1.80. The average Bonchev–Trinajstić information content (AvgIpc) is 2.37. The molecule has 0 aliphatic carbocycles. The van der Waals surface area contributed by atoms with Crippen molar-refractivity contribution in [2.45, 2.75) is 19.1 Å². The van der Waals surface area contributed by atoms with Gasteiger partial charge in [-0.05, 0) is 24.6 Å². The summed E-state index contributed by atoms with van der Waals surface area (Å²) in [5, 5.41) is 19.0. The lowest BCUT2D eigenvalue weighted by atomic mass is 10.1. The number of hydrogen-bond acceptors (Lipinski definition) is 4. The highest BCUT2D eigenvalue weighted by Crippen LogP contribution is 2.12. The van der Waals surface area contributed by atoms with Gasteiger partial charge in [-0.1, -0.05) is 40.2 Å². The van der Waals surface area contributed by atoms with Crippen molar-refractivity contribution in [3.63, 3.8) is 0 Å². The second-order valence-electron chi connectivity index (χ2n) is 3.60. The molecule has 0 spiro atoms. The SMILES string of the molecule is CCOC(=O)[C@H](O)C(O)C=Cc1ccc(Br)cc1. The Balaban J connectivity index is 2.60. The Morgan fingerprint density at radius 3 is 2.56 bits per heavy atom. The van der Waals surface area contributed by atoms with Gasteiger partial charge in [-0.2, -0.15) is 0 Å². The third-order valence-corrected chi connectivity index (χ3v) is 2.74. The zero-order valence-electron chi connectivity index (χ0n) is 9.91. The summed E-state index contributed by atoms with van der Waals surface area (Å²) in [6.07, 6.45) is 0.133. The van der Waals surface area contributed by atoms with Crippen LogP contribution in [0, 0.1) is 0 Å². The van der Waals surface area contributed by atoms with Crippen LogP contribution in [0.2, 0.25) is 0 Å². The van der Waals surface area contributed by atoms with Gasteiger partial charge >= 0.3 is 5.97 Å². The monoisotopic (exact) mass is 314 g/mol. The van der Waals surface area contributed by atoms with Crippen molar-refractivity contribution in [3.8, 4) is 0 Å². The molecule has 0 saturated carbocycles. The maximum atomic E-state index is 11.2. The van der Waals surface area contributed by atoms with Gasteiger partial charge in [0, 0.05) is 4.47 Å². The van der Waals surface area contributed by atoms with Gasteiger partial charge in [0.2, 0.25) is 0 Å². The van der Waals surface area contributed by atoms with Crippen LogP contribution >= 0.6 is 15.9 Å². The van der Waals surface area contributed by atoms with E-state index in [4.69, 9.17) is 0 Å². The predicted molar refractivity (Wildman–Crippen MR) is 71.8 cm³/mol. The van der Waals surface area contributed by atoms with E-state index in [1.807, 2.05) is 24.3 Å². The van der Waals surface area contributed by atoms with E-state index in [1.54, 1.807) is 13.0 Å². The van der Waals surface area contributed by atoms with Crippen molar-refractivity contribution >= 4 is 28.0 Å². The summed E-state index contributed by atoms with van der Waals surface area (Å²) in [6, 6.07) is 7.38. The Hall–Kier alpha value is -1.17. The molecule has 18 heavy (non-hydrogen) atoms. The van der Waals surface area contributed by atoms with E-state index in [0.717, 1.165) is 10.0 Å². The van der Waals surface area contributed by atoms with Crippen molar-refractivity contribution in [1.82, 2.24) is 0 Å². The first kappa shape index (κ1) is 14.9. The number of benzene rings is 1. The number of hydrogen-bond donors (Lipinski definition) is 2. The van der Waals surface area contributed by atoms with Crippen molar-refractivity contribution < 1.29 is 19.7 Å². The summed E-state index contributed by atoms with van der Waals surface area (Å²) in [5.74, 6) is -0.828. The number of aliphatic hydroxyl groups excluding tert-OH is 2. The molecule has 98 valence electrons. The van der Waals surface area contributed by atoms with Crippen LogP contribution in [0.1, 0.15) is 12.5 Å². The van der Waals surface area contributed by atoms with E-state index in [1.165, 1.54) is 6.08 Å². The van der Waals surface area contributed by atoms with Gasteiger partial charge in [0.25, 0.3) is 0 Å². The molecule has 1 aromatic rings.